The molecule has 1 aliphatic heterocycles. The Bertz CT molecular complexity index is 1050. The first-order valence-corrected chi connectivity index (χ1v) is 10.6. The predicted molar refractivity (Wildman–Crippen MR) is 116 cm³/mol. The highest BCUT2D eigenvalue weighted by atomic mass is 79.9. The summed E-state index contributed by atoms with van der Waals surface area (Å²) in [5.74, 6) is -0.662. The zero-order valence-corrected chi connectivity index (χ0v) is 19.7. The Morgan fingerprint density at radius 1 is 1.13 bits per heavy atom. The van der Waals surface area contributed by atoms with E-state index in [1.807, 2.05) is 0 Å². The molecule has 0 bridgehead atoms. The Labute approximate surface area is 195 Å². The van der Waals surface area contributed by atoms with E-state index in [0.29, 0.717) is 5.56 Å². The summed E-state index contributed by atoms with van der Waals surface area (Å²) in [6, 6.07) is 8.02. The van der Waals surface area contributed by atoms with Gasteiger partial charge in [-0.15, -0.1) is 0 Å². The zero-order valence-electron chi connectivity index (χ0n) is 16.6. The molecule has 1 unspecified atom stereocenters. The van der Waals surface area contributed by atoms with Crippen molar-refractivity contribution in [1.82, 2.24) is 0 Å². The Morgan fingerprint density at radius 2 is 1.74 bits per heavy atom. The van der Waals surface area contributed by atoms with Gasteiger partial charge in [-0.1, -0.05) is 34.4 Å². The second kappa shape index (κ2) is 8.30. The van der Waals surface area contributed by atoms with E-state index in [-0.39, 0.29) is 31.4 Å². The molecule has 0 spiro atoms. The number of rotatable bonds is 3. The van der Waals surface area contributed by atoms with E-state index >= 15 is 0 Å². The summed E-state index contributed by atoms with van der Waals surface area (Å²) in [5.41, 5.74) is -3.23. The van der Waals surface area contributed by atoms with Gasteiger partial charge in [-0.25, -0.2) is 4.79 Å². The Hall–Kier alpha value is -1.77. The number of oxime groups is 1. The van der Waals surface area contributed by atoms with Crippen LogP contribution in [-0.2, 0) is 15.2 Å². The molecule has 0 fully saturated rings. The van der Waals surface area contributed by atoms with Crippen molar-refractivity contribution in [2.75, 3.05) is 0 Å². The van der Waals surface area contributed by atoms with Gasteiger partial charge in [0.15, 0.2) is 0 Å². The monoisotopic (exact) mass is 537 g/mol. The molecule has 0 aliphatic carbocycles. The van der Waals surface area contributed by atoms with Gasteiger partial charge >= 0.3 is 12.1 Å². The quantitative estimate of drug-likeness (QED) is 0.385. The van der Waals surface area contributed by atoms with Crippen molar-refractivity contribution in [3.63, 3.8) is 0 Å². The summed E-state index contributed by atoms with van der Waals surface area (Å²) in [6.45, 7) is 5.08. The standard InChI is InChI=1S/C21H17BrCl2F3NO3/c1-19(2,3)30-18(29)15-5-4-12(8-16(15)22)20(21(25,26)27)10-17(28-31-20)11-6-13(23)9-14(24)7-11/h4-9H,10H2,1-3H3. The van der Waals surface area contributed by atoms with Crippen molar-refractivity contribution in [1.29, 1.82) is 0 Å². The molecule has 0 aromatic heterocycles. The smallest absolute Gasteiger partial charge is 0.435 e. The number of carbonyl (C=O) groups is 1. The fraction of sp³-hybridized carbons (Fsp3) is 0.333. The Balaban J connectivity index is 1.98. The number of carbonyl (C=O) groups excluding carboxylic acids is 1. The van der Waals surface area contributed by atoms with Gasteiger partial charge in [-0.2, -0.15) is 13.2 Å². The largest absolute Gasteiger partial charge is 0.456 e. The third kappa shape index (κ3) is 5.02. The second-order valence-electron chi connectivity index (χ2n) is 7.99. The van der Waals surface area contributed by atoms with Crippen LogP contribution in [0.15, 0.2) is 46.0 Å². The average molecular weight is 539 g/mol. The highest BCUT2D eigenvalue weighted by molar-refractivity contribution is 9.10. The van der Waals surface area contributed by atoms with E-state index in [0.717, 1.165) is 0 Å². The molecule has 166 valence electrons. The maximum Gasteiger partial charge on any atom is 0.435 e. The topological polar surface area (TPSA) is 47.9 Å². The maximum absolute atomic E-state index is 14.2. The third-order valence-electron chi connectivity index (χ3n) is 4.44. The number of benzene rings is 2. The van der Waals surface area contributed by atoms with Crippen LogP contribution < -0.4 is 0 Å². The lowest BCUT2D eigenvalue weighted by Gasteiger charge is -2.30. The number of hydrogen-bond acceptors (Lipinski definition) is 4. The first kappa shape index (κ1) is 23.9. The van der Waals surface area contributed by atoms with Crippen LogP contribution in [0.25, 0.3) is 0 Å². The summed E-state index contributed by atoms with van der Waals surface area (Å²) < 4.78 is 48.0. The van der Waals surface area contributed by atoms with Crippen LogP contribution in [0, 0.1) is 0 Å². The van der Waals surface area contributed by atoms with Gasteiger partial charge in [0.25, 0.3) is 5.60 Å². The first-order valence-electron chi connectivity index (χ1n) is 9.03. The second-order valence-corrected chi connectivity index (χ2v) is 9.71. The van der Waals surface area contributed by atoms with E-state index in [1.165, 1.54) is 36.4 Å². The van der Waals surface area contributed by atoms with Gasteiger partial charge in [-0.3, -0.25) is 0 Å². The molecule has 1 heterocycles. The molecule has 0 saturated carbocycles. The molecular formula is C21H17BrCl2F3NO3. The molecule has 4 nitrogen and oxygen atoms in total. The molecule has 3 rings (SSSR count). The fourth-order valence-electron chi connectivity index (χ4n) is 3.04. The fourth-order valence-corrected chi connectivity index (χ4v) is 4.11. The van der Waals surface area contributed by atoms with Crippen molar-refractivity contribution >= 4 is 50.8 Å². The summed E-state index contributed by atoms with van der Waals surface area (Å²) >= 11 is 15.1. The normalized spacial score (nSPS) is 19.1. The third-order valence-corrected chi connectivity index (χ3v) is 5.53. The highest BCUT2D eigenvalue weighted by Crippen LogP contribution is 2.49. The summed E-state index contributed by atoms with van der Waals surface area (Å²) in [5, 5.41) is 4.22. The van der Waals surface area contributed by atoms with E-state index in [9.17, 15) is 18.0 Å². The number of halogens is 6. The van der Waals surface area contributed by atoms with Crippen LogP contribution >= 0.6 is 39.1 Å². The minimum atomic E-state index is -4.80. The lowest BCUT2D eigenvalue weighted by molar-refractivity contribution is -0.275. The van der Waals surface area contributed by atoms with E-state index in [4.69, 9.17) is 32.8 Å². The summed E-state index contributed by atoms with van der Waals surface area (Å²) in [4.78, 5) is 17.4. The minimum absolute atomic E-state index is 0.0501. The number of nitrogens with zero attached hydrogens (tertiary/aromatic N) is 1. The van der Waals surface area contributed by atoms with Crippen molar-refractivity contribution in [2.45, 2.75) is 44.6 Å². The van der Waals surface area contributed by atoms with Crippen LogP contribution in [0.2, 0.25) is 10.0 Å². The van der Waals surface area contributed by atoms with Gasteiger partial charge in [-0.05, 0) is 67.0 Å². The van der Waals surface area contributed by atoms with Crippen LogP contribution in [0.5, 0.6) is 0 Å². The number of hydrogen-bond donors (Lipinski definition) is 0. The molecule has 0 saturated heterocycles. The maximum atomic E-state index is 14.2. The lowest BCUT2D eigenvalue weighted by Crippen LogP contribution is -2.42. The molecule has 31 heavy (non-hydrogen) atoms. The minimum Gasteiger partial charge on any atom is -0.456 e. The van der Waals surface area contributed by atoms with Gasteiger partial charge in [0.2, 0.25) is 0 Å². The van der Waals surface area contributed by atoms with E-state index in [1.54, 1.807) is 20.8 Å². The van der Waals surface area contributed by atoms with Gasteiger partial charge < -0.3 is 9.57 Å². The van der Waals surface area contributed by atoms with Crippen LogP contribution in [0.1, 0.15) is 48.7 Å². The van der Waals surface area contributed by atoms with Crippen LogP contribution in [0.3, 0.4) is 0 Å². The molecule has 0 radical (unpaired) electrons. The molecular weight excluding hydrogens is 522 g/mol. The van der Waals surface area contributed by atoms with Crippen LogP contribution in [0.4, 0.5) is 13.2 Å². The highest BCUT2D eigenvalue weighted by Gasteiger charge is 2.62. The number of ether oxygens (including phenoxy) is 1. The molecule has 0 N–H and O–H groups in total. The molecule has 2 aromatic rings. The van der Waals surface area contributed by atoms with Gasteiger partial charge in [0, 0.05) is 32.1 Å². The summed E-state index contributed by atoms with van der Waals surface area (Å²) in [6.07, 6.45) is -5.39. The molecule has 10 heteroatoms. The van der Waals surface area contributed by atoms with Crippen molar-refractivity contribution in [3.05, 3.63) is 67.6 Å². The van der Waals surface area contributed by atoms with E-state index in [2.05, 4.69) is 21.1 Å². The number of alkyl halides is 3. The lowest BCUT2D eigenvalue weighted by atomic mass is 9.86. The predicted octanol–water partition coefficient (Wildman–Crippen LogP) is 7.29. The average Bonchev–Trinajstić information content (AvgIpc) is 3.06. The molecule has 0 amide bonds. The molecule has 1 aliphatic rings. The molecule has 2 aromatic carbocycles. The van der Waals surface area contributed by atoms with Gasteiger partial charge in [0.1, 0.15) is 5.60 Å². The van der Waals surface area contributed by atoms with Gasteiger partial charge in [0.05, 0.1) is 11.3 Å². The van der Waals surface area contributed by atoms with Crippen LogP contribution in [-0.4, -0.2) is 23.5 Å². The van der Waals surface area contributed by atoms with Crippen molar-refractivity contribution in [2.24, 2.45) is 5.16 Å². The first-order chi connectivity index (χ1) is 14.2. The van der Waals surface area contributed by atoms with E-state index < -0.39 is 29.8 Å². The summed E-state index contributed by atoms with van der Waals surface area (Å²) in [7, 11) is 0. The Morgan fingerprint density at radius 3 is 2.26 bits per heavy atom. The zero-order chi connectivity index (χ0) is 23.2. The molecule has 1 atom stereocenters. The van der Waals surface area contributed by atoms with Crippen molar-refractivity contribution < 1.29 is 27.5 Å². The number of esters is 1. The Kier molecular flexibility index (Phi) is 6.39. The van der Waals surface area contributed by atoms with Crippen molar-refractivity contribution in [3.8, 4) is 0 Å². The SMILES string of the molecule is CC(C)(C)OC(=O)c1ccc(C2(C(F)(F)F)CC(c3cc(Cl)cc(Cl)c3)=NO2)cc1Br.